The topological polar surface area (TPSA) is 3.24 Å². The van der Waals surface area contributed by atoms with Gasteiger partial charge in [0.1, 0.15) is 0 Å². The van der Waals surface area contributed by atoms with Crippen LogP contribution in [0.4, 0.5) is 5.69 Å². The molecule has 2 aromatic carbocycles. The maximum Gasteiger partial charge on any atom is 0.0436 e. The minimum Gasteiger partial charge on any atom is -0.363 e. The number of hydrogen-bond acceptors (Lipinski definition) is 1. The Bertz CT molecular complexity index is 565. The lowest BCUT2D eigenvalue weighted by molar-refractivity contribution is 0.879. The molecule has 0 aliphatic carbocycles. The van der Waals surface area contributed by atoms with E-state index in [-0.39, 0.29) is 0 Å². The summed E-state index contributed by atoms with van der Waals surface area (Å²) >= 11 is 0. The van der Waals surface area contributed by atoms with Crippen LogP contribution in [0.1, 0.15) is 34.7 Å². The maximum atomic E-state index is 2.46. The second-order valence-corrected chi connectivity index (χ2v) is 5.58. The monoisotopic (exact) mass is 251 g/mol. The van der Waals surface area contributed by atoms with Gasteiger partial charge in [-0.05, 0) is 60.2 Å². The molecule has 0 radical (unpaired) electrons. The molecule has 0 aromatic heterocycles. The van der Waals surface area contributed by atoms with Crippen molar-refractivity contribution in [1.29, 1.82) is 0 Å². The summed E-state index contributed by atoms with van der Waals surface area (Å²) in [4.78, 5) is 2.46. The minimum absolute atomic E-state index is 1.04. The third kappa shape index (κ3) is 2.25. The number of fused-ring (bicyclic) bond motifs is 1. The SMILES string of the molecule is CCc1ccc(N2Cc3cc(C)c(C)cc3C2)cc1. The molecule has 0 spiro atoms. The summed E-state index contributed by atoms with van der Waals surface area (Å²) in [5, 5.41) is 0. The Kier molecular flexibility index (Phi) is 3.06. The van der Waals surface area contributed by atoms with Crippen molar-refractivity contribution in [2.24, 2.45) is 0 Å². The molecule has 0 atom stereocenters. The minimum atomic E-state index is 1.04. The van der Waals surface area contributed by atoms with Crippen LogP contribution < -0.4 is 4.90 Å². The molecule has 0 saturated carbocycles. The Hall–Kier alpha value is -1.76. The van der Waals surface area contributed by atoms with E-state index in [1.54, 1.807) is 0 Å². The molecule has 3 rings (SSSR count). The lowest BCUT2D eigenvalue weighted by atomic mass is 10.0. The Labute approximate surface area is 115 Å². The van der Waals surface area contributed by atoms with Gasteiger partial charge in [-0.3, -0.25) is 0 Å². The molecule has 1 heteroatoms. The van der Waals surface area contributed by atoms with E-state index < -0.39 is 0 Å². The third-order valence-corrected chi connectivity index (χ3v) is 4.25. The Morgan fingerprint density at radius 3 is 1.89 bits per heavy atom. The molecule has 0 N–H and O–H groups in total. The van der Waals surface area contributed by atoms with Gasteiger partial charge in [0.15, 0.2) is 0 Å². The molecule has 0 amide bonds. The number of hydrogen-bond donors (Lipinski definition) is 0. The number of benzene rings is 2. The summed E-state index contributed by atoms with van der Waals surface area (Å²) in [6.45, 7) is 8.69. The first kappa shape index (κ1) is 12.3. The van der Waals surface area contributed by atoms with Gasteiger partial charge >= 0.3 is 0 Å². The van der Waals surface area contributed by atoms with Gasteiger partial charge in [-0.2, -0.15) is 0 Å². The van der Waals surface area contributed by atoms with Gasteiger partial charge in [-0.1, -0.05) is 31.2 Å². The molecule has 0 bridgehead atoms. The van der Waals surface area contributed by atoms with Gasteiger partial charge in [0.2, 0.25) is 0 Å². The Morgan fingerprint density at radius 1 is 0.895 bits per heavy atom. The van der Waals surface area contributed by atoms with Crippen molar-refractivity contribution in [3.63, 3.8) is 0 Å². The maximum absolute atomic E-state index is 2.46. The van der Waals surface area contributed by atoms with Crippen molar-refractivity contribution < 1.29 is 0 Å². The highest BCUT2D eigenvalue weighted by Crippen LogP contribution is 2.30. The first-order chi connectivity index (χ1) is 9.17. The lowest BCUT2D eigenvalue weighted by Crippen LogP contribution is -2.14. The molecule has 98 valence electrons. The largest absolute Gasteiger partial charge is 0.363 e. The summed E-state index contributed by atoms with van der Waals surface area (Å²) in [5.41, 5.74) is 8.53. The van der Waals surface area contributed by atoms with Gasteiger partial charge in [-0.25, -0.2) is 0 Å². The molecule has 1 heterocycles. The van der Waals surface area contributed by atoms with Crippen LogP contribution in [0.2, 0.25) is 0 Å². The number of anilines is 1. The molecular formula is C18H21N. The van der Waals surface area contributed by atoms with Crippen LogP contribution in [0.25, 0.3) is 0 Å². The highest BCUT2D eigenvalue weighted by Gasteiger charge is 2.19. The second-order valence-electron chi connectivity index (χ2n) is 5.58. The Morgan fingerprint density at radius 2 is 1.42 bits per heavy atom. The van der Waals surface area contributed by atoms with Crippen LogP contribution in [0.5, 0.6) is 0 Å². The van der Waals surface area contributed by atoms with Crippen LogP contribution in [0, 0.1) is 13.8 Å². The van der Waals surface area contributed by atoms with Crippen molar-refractivity contribution in [1.82, 2.24) is 0 Å². The summed E-state index contributed by atoms with van der Waals surface area (Å²) in [6.07, 6.45) is 1.11. The van der Waals surface area contributed by atoms with Crippen LogP contribution in [0.15, 0.2) is 36.4 Å². The van der Waals surface area contributed by atoms with E-state index in [1.807, 2.05) is 0 Å². The molecule has 2 aromatic rings. The zero-order valence-electron chi connectivity index (χ0n) is 12.0. The fourth-order valence-corrected chi connectivity index (χ4v) is 2.82. The van der Waals surface area contributed by atoms with Gasteiger partial charge in [0.05, 0.1) is 0 Å². The predicted molar refractivity (Wildman–Crippen MR) is 81.6 cm³/mol. The molecule has 1 aliphatic heterocycles. The third-order valence-electron chi connectivity index (χ3n) is 4.25. The van der Waals surface area contributed by atoms with Gasteiger partial charge in [0.25, 0.3) is 0 Å². The Balaban J connectivity index is 1.86. The average molecular weight is 251 g/mol. The molecule has 1 aliphatic rings. The first-order valence-corrected chi connectivity index (χ1v) is 7.10. The van der Waals surface area contributed by atoms with E-state index in [9.17, 15) is 0 Å². The summed E-state index contributed by atoms with van der Waals surface area (Å²) in [7, 11) is 0. The highest BCUT2D eigenvalue weighted by molar-refractivity contribution is 5.54. The van der Waals surface area contributed by atoms with E-state index in [4.69, 9.17) is 0 Å². The van der Waals surface area contributed by atoms with Crippen molar-refractivity contribution >= 4 is 5.69 Å². The number of aryl methyl sites for hydroxylation is 3. The van der Waals surface area contributed by atoms with Crippen LogP contribution in [0.3, 0.4) is 0 Å². The van der Waals surface area contributed by atoms with Crippen molar-refractivity contribution in [2.45, 2.75) is 40.3 Å². The quantitative estimate of drug-likeness (QED) is 0.765. The zero-order chi connectivity index (χ0) is 13.4. The standard InChI is InChI=1S/C18H21N/c1-4-15-5-7-18(8-6-15)19-11-16-9-13(2)14(3)10-17(16)12-19/h5-10H,4,11-12H2,1-3H3. The zero-order valence-corrected chi connectivity index (χ0v) is 12.0. The molecule has 0 unspecified atom stereocenters. The molecule has 19 heavy (non-hydrogen) atoms. The van der Waals surface area contributed by atoms with Crippen LogP contribution in [-0.4, -0.2) is 0 Å². The molecule has 1 nitrogen and oxygen atoms in total. The van der Waals surface area contributed by atoms with Gasteiger partial charge in [-0.15, -0.1) is 0 Å². The van der Waals surface area contributed by atoms with Crippen LogP contribution >= 0.6 is 0 Å². The summed E-state index contributed by atoms with van der Waals surface area (Å²) in [6, 6.07) is 13.7. The molecule has 0 fully saturated rings. The fraction of sp³-hybridized carbons (Fsp3) is 0.333. The predicted octanol–water partition coefficient (Wildman–Crippen LogP) is 4.39. The number of rotatable bonds is 2. The summed E-state index contributed by atoms with van der Waals surface area (Å²) < 4.78 is 0. The molecular weight excluding hydrogens is 230 g/mol. The van der Waals surface area contributed by atoms with Crippen molar-refractivity contribution in [3.05, 3.63) is 64.2 Å². The fourth-order valence-electron chi connectivity index (χ4n) is 2.82. The van der Waals surface area contributed by atoms with Crippen molar-refractivity contribution in [3.8, 4) is 0 Å². The number of nitrogens with zero attached hydrogens (tertiary/aromatic N) is 1. The van der Waals surface area contributed by atoms with Gasteiger partial charge < -0.3 is 4.90 Å². The van der Waals surface area contributed by atoms with Crippen molar-refractivity contribution in [2.75, 3.05) is 4.90 Å². The summed E-state index contributed by atoms with van der Waals surface area (Å²) in [5.74, 6) is 0. The van der Waals surface area contributed by atoms with E-state index in [0.717, 1.165) is 19.5 Å². The van der Waals surface area contributed by atoms with Crippen LogP contribution in [-0.2, 0) is 19.5 Å². The first-order valence-electron chi connectivity index (χ1n) is 7.10. The normalized spacial score (nSPS) is 13.7. The highest BCUT2D eigenvalue weighted by atomic mass is 15.1. The smallest absolute Gasteiger partial charge is 0.0436 e. The van der Waals surface area contributed by atoms with E-state index in [0.29, 0.717) is 0 Å². The van der Waals surface area contributed by atoms with E-state index in [1.165, 1.54) is 33.5 Å². The van der Waals surface area contributed by atoms with E-state index >= 15 is 0 Å². The lowest BCUT2D eigenvalue weighted by Gasteiger charge is -2.17. The van der Waals surface area contributed by atoms with E-state index in [2.05, 4.69) is 62.1 Å². The van der Waals surface area contributed by atoms with Gasteiger partial charge in [0, 0.05) is 18.8 Å². The average Bonchev–Trinajstić information content (AvgIpc) is 2.82. The second kappa shape index (κ2) is 4.73. The molecule has 0 saturated heterocycles.